The summed E-state index contributed by atoms with van der Waals surface area (Å²) in [5, 5.41) is 0. The lowest BCUT2D eigenvalue weighted by atomic mass is 10.0. The van der Waals surface area contributed by atoms with Gasteiger partial charge in [-0.25, -0.2) is 0 Å². The maximum Gasteiger partial charge on any atom is 0.305 e. The zero-order chi connectivity index (χ0) is 15.3. The molecule has 0 radical (unpaired) electrons. The molecular weight excluding hydrogens is 272 g/mol. The van der Waals surface area contributed by atoms with Crippen LogP contribution in [0.4, 0.5) is 0 Å². The summed E-state index contributed by atoms with van der Waals surface area (Å²) in [5.41, 5.74) is 0. The Balaban J connectivity index is 2.89. The molecule has 1 fully saturated rings. The van der Waals surface area contributed by atoms with E-state index in [1.54, 1.807) is 0 Å². The van der Waals surface area contributed by atoms with Gasteiger partial charge in [-0.3, -0.25) is 14.4 Å². The highest BCUT2D eigenvalue weighted by Gasteiger charge is 2.46. The first kappa shape index (κ1) is 16.4. The van der Waals surface area contributed by atoms with Gasteiger partial charge in [-0.05, 0) is 0 Å². The maximum atomic E-state index is 11.2. The molecule has 0 bridgehead atoms. The number of methoxy groups -OCH3 is 1. The molecule has 1 aliphatic rings. The van der Waals surface area contributed by atoms with E-state index in [0.717, 1.165) is 0 Å². The summed E-state index contributed by atoms with van der Waals surface area (Å²) >= 11 is 0. The van der Waals surface area contributed by atoms with E-state index in [0.29, 0.717) is 0 Å². The standard InChI is InChI=1S/C12H18O8/c1-6(13)18-9-5-17-12(20-8(3)15)11(10(9)16-4)19-7(2)14/h9-12H,5H2,1-4H3/t9-,10-,11-,12?/m1/s1. The fourth-order valence-electron chi connectivity index (χ4n) is 1.92. The number of esters is 3. The molecule has 0 aromatic carbocycles. The molecule has 1 rings (SSSR count). The summed E-state index contributed by atoms with van der Waals surface area (Å²) in [6.45, 7) is 3.61. The third-order valence-corrected chi connectivity index (χ3v) is 2.56. The molecule has 0 N–H and O–H groups in total. The van der Waals surface area contributed by atoms with Gasteiger partial charge in [0.1, 0.15) is 6.10 Å². The minimum atomic E-state index is -1.10. The Kier molecular flexibility index (Phi) is 5.90. The van der Waals surface area contributed by atoms with Crippen LogP contribution in [0.1, 0.15) is 20.8 Å². The highest BCUT2D eigenvalue weighted by Crippen LogP contribution is 2.24. The van der Waals surface area contributed by atoms with Gasteiger partial charge in [-0.15, -0.1) is 0 Å². The Morgan fingerprint density at radius 2 is 1.45 bits per heavy atom. The van der Waals surface area contributed by atoms with Crippen LogP contribution < -0.4 is 0 Å². The zero-order valence-electron chi connectivity index (χ0n) is 11.8. The van der Waals surface area contributed by atoms with E-state index in [1.165, 1.54) is 27.9 Å². The fourth-order valence-corrected chi connectivity index (χ4v) is 1.92. The Labute approximate surface area is 116 Å². The van der Waals surface area contributed by atoms with Crippen LogP contribution in [0, 0.1) is 0 Å². The van der Waals surface area contributed by atoms with Crippen LogP contribution in [0.15, 0.2) is 0 Å². The number of carbonyl (C=O) groups excluding carboxylic acids is 3. The molecule has 8 nitrogen and oxygen atoms in total. The number of ether oxygens (including phenoxy) is 5. The average molecular weight is 290 g/mol. The second-order valence-corrected chi connectivity index (χ2v) is 4.23. The lowest BCUT2D eigenvalue weighted by Gasteiger charge is -2.39. The van der Waals surface area contributed by atoms with Gasteiger partial charge in [0, 0.05) is 27.9 Å². The Hall–Kier alpha value is -1.67. The van der Waals surface area contributed by atoms with E-state index in [-0.39, 0.29) is 6.61 Å². The summed E-state index contributed by atoms with van der Waals surface area (Å²) in [5.74, 6) is -1.71. The van der Waals surface area contributed by atoms with Crippen LogP contribution >= 0.6 is 0 Å². The van der Waals surface area contributed by atoms with Gasteiger partial charge in [-0.1, -0.05) is 0 Å². The van der Waals surface area contributed by atoms with Crippen molar-refractivity contribution in [3.63, 3.8) is 0 Å². The van der Waals surface area contributed by atoms with Crippen LogP contribution in [0.25, 0.3) is 0 Å². The van der Waals surface area contributed by atoms with Gasteiger partial charge in [0.2, 0.25) is 6.29 Å². The van der Waals surface area contributed by atoms with Crippen molar-refractivity contribution in [1.29, 1.82) is 0 Å². The first-order valence-corrected chi connectivity index (χ1v) is 6.01. The molecule has 4 atom stereocenters. The lowest BCUT2D eigenvalue weighted by Crippen LogP contribution is -2.57. The van der Waals surface area contributed by atoms with Crippen molar-refractivity contribution < 1.29 is 38.1 Å². The molecular formula is C12H18O8. The average Bonchev–Trinajstić information content (AvgIpc) is 2.31. The van der Waals surface area contributed by atoms with E-state index < -0.39 is 42.5 Å². The highest BCUT2D eigenvalue weighted by molar-refractivity contribution is 5.67. The van der Waals surface area contributed by atoms with E-state index in [1.807, 2.05) is 0 Å². The molecule has 1 unspecified atom stereocenters. The van der Waals surface area contributed by atoms with Crippen molar-refractivity contribution in [2.45, 2.75) is 45.4 Å². The smallest absolute Gasteiger partial charge is 0.305 e. The first-order valence-electron chi connectivity index (χ1n) is 6.01. The molecule has 0 spiro atoms. The van der Waals surface area contributed by atoms with Crippen molar-refractivity contribution in [1.82, 2.24) is 0 Å². The second kappa shape index (κ2) is 7.20. The largest absolute Gasteiger partial charge is 0.457 e. The maximum absolute atomic E-state index is 11.2. The van der Waals surface area contributed by atoms with Crippen molar-refractivity contribution in [3.05, 3.63) is 0 Å². The van der Waals surface area contributed by atoms with Crippen LogP contribution in [0.3, 0.4) is 0 Å². The summed E-state index contributed by atoms with van der Waals surface area (Å²) in [6, 6.07) is 0. The Bertz CT molecular complexity index is 380. The Morgan fingerprint density at radius 3 is 1.90 bits per heavy atom. The van der Waals surface area contributed by atoms with Gasteiger partial charge in [0.15, 0.2) is 12.2 Å². The lowest BCUT2D eigenvalue weighted by molar-refractivity contribution is -0.274. The summed E-state index contributed by atoms with van der Waals surface area (Å²) in [4.78, 5) is 33.2. The molecule has 1 saturated heterocycles. The second-order valence-electron chi connectivity index (χ2n) is 4.23. The summed E-state index contributed by atoms with van der Waals surface area (Å²) < 4.78 is 25.5. The zero-order valence-corrected chi connectivity index (χ0v) is 11.8. The van der Waals surface area contributed by atoms with Crippen molar-refractivity contribution in [2.24, 2.45) is 0 Å². The monoisotopic (exact) mass is 290 g/mol. The van der Waals surface area contributed by atoms with Crippen LogP contribution in [0.5, 0.6) is 0 Å². The van der Waals surface area contributed by atoms with E-state index in [9.17, 15) is 14.4 Å². The molecule has 20 heavy (non-hydrogen) atoms. The van der Waals surface area contributed by atoms with Gasteiger partial charge in [-0.2, -0.15) is 0 Å². The van der Waals surface area contributed by atoms with Crippen molar-refractivity contribution in [2.75, 3.05) is 13.7 Å². The summed E-state index contributed by atoms with van der Waals surface area (Å²) in [6.07, 6.45) is -3.66. The van der Waals surface area contributed by atoms with Crippen LogP contribution in [-0.4, -0.2) is 56.2 Å². The molecule has 0 aliphatic carbocycles. The normalized spacial score (nSPS) is 29.4. The van der Waals surface area contributed by atoms with Gasteiger partial charge < -0.3 is 23.7 Å². The van der Waals surface area contributed by atoms with Crippen molar-refractivity contribution >= 4 is 17.9 Å². The predicted molar refractivity (Wildman–Crippen MR) is 63.4 cm³/mol. The van der Waals surface area contributed by atoms with Gasteiger partial charge in [0.05, 0.1) is 6.61 Å². The SMILES string of the molecule is CO[C@@H]1[C@H](OC(C)=O)COC(OC(C)=O)[C@@H]1OC(C)=O. The number of hydrogen-bond acceptors (Lipinski definition) is 8. The topological polar surface area (TPSA) is 97.4 Å². The number of carbonyl (C=O) groups is 3. The van der Waals surface area contributed by atoms with E-state index in [4.69, 9.17) is 23.7 Å². The Morgan fingerprint density at radius 1 is 0.900 bits per heavy atom. The van der Waals surface area contributed by atoms with E-state index >= 15 is 0 Å². The van der Waals surface area contributed by atoms with Crippen LogP contribution in [-0.2, 0) is 38.1 Å². The molecule has 1 aliphatic heterocycles. The number of rotatable bonds is 4. The quantitative estimate of drug-likeness (QED) is 0.518. The predicted octanol–water partition coefficient (Wildman–Crippen LogP) is -0.216. The van der Waals surface area contributed by atoms with Crippen LogP contribution in [0.2, 0.25) is 0 Å². The molecule has 114 valence electrons. The molecule has 0 aromatic heterocycles. The van der Waals surface area contributed by atoms with Gasteiger partial charge >= 0.3 is 17.9 Å². The summed E-state index contributed by atoms with van der Waals surface area (Å²) in [7, 11) is 1.37. The highest BCUT2D eigenvalue weighted by atomic mass is 16.7. The third kappa shape index (κ3) is 4.46. The van der Waals surface area contributed by atoms with E-state index in [2.05, 4.69) is 0 Å². The third-order valence-electron chi connectivity index (χ3n) is 2.56. The van der Waals surface area contributed by atoms with Gasteiger partial charge in [0.25, 0.3) is 0 Å². The minimum Gasteiger partial charge on any atom is -0.457 e. The van der Waals surface area contributed by atoms with Crippen molar-refractivity contribution in [3.8, 4) is 0 Å². The molecule has 0 saturated carbocycles. The first-order chi connectivity index (χ1) is 9.35. The molecule has 0 amide bonds. The molecule has 1 heterocycles. The fraction of sp³-hybridized carbons (Fsp3) is 0.750. The molecule has 8 heteroatoms. The minimum absolute atomic E-state index is 0.0339. The molecule has 0 aromatic rings. The number of hydrogen-bond donors (Lipinski definition) is 0.